The summed E-state index contributed by atoms with van der Waals surface area (Å²) in [6.45, 7) is -0.644. The molecule has 1 unspecified atom stereocenters. The van der Waals surface area contributed by atoms with Crippen LogP contribution < -0.4 is 9.46 Å². The van der Waals surface area contributed by atoms with Crippen molar-refractivity contribution in [3.63, 3.8) is 0 Å². The highest BCUT2D eigenvalue weighted by Gasteiger charge is 2.33. The number of halogens is 1. The molecule has 0 amide bonds. The third kappa shape index (κ3) is 5.26. The Kier molecular flexibility index (Phi) is 6.37. The van der Waals surface area contributed by atoms with E-state index in [9.17, 15) is 22.7 Å². The number of nitrogens with zero attached hydrogens (tertiary/aromatic N) is 1. The molecule has 1 aromatic heterocycles. The summed E-state index contributed by atoms with van der Waals surface area (Å²) in [5.41, 5.74) is 1.43. The van der Waals surface area contributed by atoms with Crippen LogP contribution in [0.1, 0.15) is 16.7 Å². The molecular weight excluding hydrogens is 467 g/mol. The summed E-state index contributed by atoms with van der Waals surface area (Å²) in [6, 6.07) is 15.8. The summed E-state index contributed by atoms with van der Waals surface area (Å²) < 4.78 is 53.1. The van der Waals surface area contributed by atoms with Gasteiger partial charge in [0.25, 0.3) is 0 Å². The van der Waals surface area contributed by atoms with Crippen LogP contribution in [0.2, 0.25) is 0 Å². The molecule has 176 valence electrons. The Hall–Kier alpha value is -4.12. The van der Waals surface area contributed by atoms with Gasteiger partial charge >= 0.3 is 5.97 Å². The van der Waals surface area contributed by atoms with E-state index in [1.165, 1.54) is 30.3 Å². The molecular formula is C23H19FN2O7S. The van der Waals surface area contributed by atoms with Crippen molar-refractivity contribution in [2.45, 2.75) is 11.7 Å². The van der Waals surface area contributed by atoms with Crippen molar-refractivity contribution in [2.24, 2.45) is 0 Å². The van der Waals surface area contributed by atoms with Gasteiger partial charge < -0.3 is 19.4 Å². The van der Waals surface area contributed by atoms with Crippen molar-refractivity contribution in [2.75, 3.05) is 11.3 Å². The normalized spacial score (nSPS) is 12.4. The molecule has 1 atom stereocenters. The Morgan fingerprint density at radius 2 is 1.85 bits per heavy atom. The van der Waals surface area contributed by atoms with Crippen LogP contribution in [-0.2, 0) is 21.2 Å². The van der Waals surface area contributed by atoms with Crippen LogP contribution in [0, 0.1) is 5.82 Å². The van der Waals surface area contributed by atoms with Crippen LogP contribution in [0.5, 0.6) is 11.5 Å². The lowest BCUT2D eigenvalue weighted by molar-refractivity contribution is -0.139. The van der Waals surface area contributed by atoms with Crippen LogP contribution in [-0.4, -0.2) is 36.2 Å². The zero-order chi connectivity index (χ0) is 24.3. The second-order valence-corrected chi connectivity index (χ2v) is 9.21. The van der Waals surface area contributed by atoms with Gasteiger partial charge in [-0.1, -0.05) is 18.2 Å². The summed E-state index contributed by atoms with van der Waals surface area (Å²) in [4.78, 5) is 15.0. The second kappa shape index (κ2) is 9.40. The van der Waals surface area contributed by atoms with E-state index in [-0.39, 0.29) is 29.5 Å². The minimum Gasteiger partial charge on any atom is -0.504 e. The van der Waals surface area contributed by atoms with Crippen LogP contribution in [0.15, 0.2) is 71.1 Å². The fraction of sp³-hybridized carbons (Fsp3) is 0.130. The monoisotopic (exact) mass is 486 g/mol. The molecule has 0 fully saturated rings. The number of nitrogens with one attached hydrogen (secondary N) is 1. The molecule has 3 N–H and O–H groups in total. The number of rotatable bonds is 9. The lowest BCUT2D eigenvalue weighted by atomic mass is 10.1. The zero-order valence-corrected chi connectivity index (χ0v) is 18.3. The van der Waals surface area contributed by atoms with Crippen LogP contribution >= 0.6 is 0 Å². The van der Waals surface area contributed by atoms with Gasteiger partial charge in [-0.25, -0.2) is 22.6 Å². The van der Waals surface area contributed by atoms with E-state index >= 15 is 0 Å². The first-order chi connectivity index (χ1) is 16.2. The van der Waals surface area contributed by atoms with Gasteiger partial charge in [0.05, 0.1) is 0 Å². The van der Waals surface area contributed by atoms with Crippen LogP contribution in [0.4, 0.5) is 10.1 Å². The molecule has 0 aliphatic rings. The minimum atomic E-state index is -4.15. The molecule has 1 heterocycles. The maximum absolute atomic E-state index is 13.3. The quantitative estimate of drug-likeness (QED) is 0.324. The standard InChI is InChI=1S/C23H19FN2O7S/c24-15-6-8-16(9-7-15)26-34(30,31)21(23-25-17-3-1-2-4-19(17)33-23)12-14-5-10-20(18(27)11-14)32-13-22(28)29/h1-11,21,26-27H,12-13H2,(H,28,29). The summed E-state index contributed by atoms with van der Waals surface area (Å²) in [5, 5.41) is 17.6. The number of fused-ring (bicyclic) bond motifs is 1. The Balaban J connectivity index is 1.68. The second-order valence-electron chi connectivity index (χ2n) is 7.35. The van der Waals surface area contributed by atoms with Gasteiger partial charge in [0, 0.05) is 12.1 Å². The first kappa shape index (κ1) is 23.1. The summed E-state index contributed by atoms with van der Waals surface area (Å²) in [6.07, 6.45) is -0.143. The molecule has 9 nitrogen and oxygen atoms in total. The van der Waals surface area contributed by atoms with E-state index in [0.717, 1.165) is 12.1 Å². The fourth-order valence-electron chi connectivity index (χ4n) is 3.28. The maximum Gasteiger partial charge on any atom is 0.341 e. The van der Waals surface area contributed by atoms with E-state index in [4.69, 9.17) is 14.3 Å². The predicted octanol–water partition coefficient (Wildman–Crippen LogP) is 3.86. The first-order valence-electron chi connectivity index (χ1n) is 10.0. The average Bonchev–Trinajstić information content (AvgIpc) is 3.21. The van der Waals surface area contributed by atoms with Gasteiger partial charge in [-0.05, 0) is 54.1 Å². The Morgan fingerprint density at radius 3 is 2.53 bits per heavy atom. The molecule has 0 bridgehead atoms. The number of para-hydroxylation sites is 2. The van der Waals surface area contributed by atoms with Crippen molar-refractivity contribution >= 4 is 32.8 Å². The Bertz CT molecular complexity index is 1400. The smallest absolute Gasteiger partial charge is 0.341 e. The molecule has 11 heteroatoms. The number of hydrogen-bond acceptors (Lipinski definition) is 7. The SMILES string of the molecule is O=C(O)COc1ccc(CC(c2nc3ccccc3o2)S(=O)(=O)Nc2ccc(F)cc2)cc1O. The number of aromatic hydroxyl groups is 1. The van der Waals surface area contributed by atoms with Crippen LogP contribution in [0.25, 0.3) is 11.1 Å². The number of ether oxygens (including phenoxy) is 1. The van der Waals surface area contributed by atoms with Gasteiger partial charge in [0.15, 0.2) is 28.9 Å². The molecule has 0 saturated heterocycles. The number of anilines is 1. The number of aromatic nitrogens is 1. The number of carbonyl (C=O) groups is 1. The molecule has 0 spiro atoms. The van der Waals surface area contributed by atoms with E-state index < -0.39 is 33.7 Å². The molecule has 4 aromatic rings. The molecule has 4 rings (SSSR count). The number of carboxylic acids is 1. The lowest BCUT2D eigenvalue weighted by Gasteiger charge is -2.17. The van der Waals surface area contributed by atoms with Crippen molar-refractivity contribution in [3.8, 4) is 11.5 Å². The van der Waals surface area contributed by atoms with Gasteiger partial charge in [-0.15, -0.1) is 0 Å². The molecule has 34 heavy (non-hydrogen) atoms. The number of benzene rings is 3. The predicted molar refractivity (Wildman–Crippen MR) is 121 cm³/mol. The number of aliphatic carboxylic acids is 1. The lowest BCUT2D eigenvalue weighted by Crippen LogP contribution is -2.23. The Morgan fingerprint density at radius 1 is 1.12 bits per heavy atom. The van der Waals surface area contributed by atoms with Crippen molar-refractivity contribution < 1.29 is 37.0 Å². The van der Waals surface area contributed by atoms with Gasteiger partial charge in [-0.3, -0.25) is 4.72 Å². The number of oxazole rings is 1. The van der Waals surface area contributed by atoms with Crippen molar-refractivity contribution in [3.05, 3.63) is 84.0 Å². The molecule has 3 aromatic carbocycles. The fourth-order valence-corrected chi connectivity index (χ4v) is 4.66. The van der Waals surface area contributed by atoms with E-state index in [1.807, 2.05) is 0 Å². The number of carboxylic acid groups (broad SMARTS) is 1. The first-order valence-corrected chi connectivity index (χ1v) is 11.5. The third-order valence-corrected chi connectivity index (χ3v) is 6.50. The van der Waals surface area contributed by atoms with Gasteiger partial charge in [0.2, 0.25) is 15.9 Å². The van der Waals surface area contributed by atoms with Crippen LogP contribution in [0.3, 0.4) is 0 Å². The number of phenols is 1. The highest BCUT2D eigenvalue weighted by molar-refractivity contribution is 7.92. The Labute approximate surface area is 193 Å². The molecule has 0 saturated carbocycles. The highest BCUT2D eigenvalue weighted by atomic mass is 32.2. The largest absolute Gasteiger partial charge is 0.504 e. The molecule has 0 radical (unpaired) electrons. The zero-order valence-electron chi connectivity index (χ0n) is 17.5. The highest BCUT2D eigenvalue weighted by Crippen LogP contribution is 2.33. The van der Waals surface area contributed by atoms with Crippen molar-refractivity contribution in [1.82, 2.24) is 4.98 Å². The molecule has 0 aliphatic carbocycles. The number of phenolic OH excluding ortho intramolecular Hbond substituents is 1. The minimum absolute atomic E-state index is 0.0585. The summed E-state index contributed by atoms with van der Waals surface area (Å²) >= 11 is 0. The van der Waals surface area contributed by atoms with Gasteiger partial charge in [-0.2, -0.15) is 0 Å². The molecule has 0 aliphatic heterocycles. The van der Waals surface area contributed by atoms with Gasteiger partial charge in [0.1, 0.15) is 11.3 Å². The number of sulfonamides is 1. The van der Waals surface area contributed by atoms with E-state index in [2.05, 4.69) is 9.71 Å². The number of hydrogen-bond donors (Lipinski definition) is 3. The average molecular weight is 486 g/mol. The van der Waals surface area contributed by atoms with Crippen molar-refractivity contribution in [1.29, 1.82) is 0 Å². The third-order valence-electron chi connectivity index (χ3n) is 4.86. The summed E-state index contributed by atoms with van der Waals surface area (Å²) in [7, 11) is -4.15. The topological polar surface area (TPSA) is 139 Å². The maximum atomic E-state index is 13.3. The van der Waals surface area contributed by atoms with E-state index in [1.54, 1.807) is 24.3 Å². The van der Waals surface area contributed by atoms with E-state index in [0.29, 0.717) is 16.7 Å². The summed E-state index contributed by atoms with van der Waals surface area (Å²) in [5.74, 6) is -2.20.